The predicted molar refractivity (Wildman–Crippen MR) is 66.8 cm³/mol. The summed E-state index contributed by atoms with van der Waals surface area (Å²) in [6.07, 6.45) is 5.33. The summed E-state index contributed by atoms with van der Waals surface area (Å²) in [6, 6.07) is 0.359. The Kier molecular flexibility index (Phi) is 5.98. The van der Waals surface area contributed by atoms with Crippen LogP contribution in [0.3, 0.4) is 0 Å². The maximum atomic E-state index is 11.5. The lowest BCUT2D eigenvalue weighted by Crippen LogP contribution is -2.33. The van der Waals surface area contributed by atoms with Gasteiger partial charge in [0.2, 0.25) is 5.91 Å². The number of amides is 1. The van der Waals surface area contributed by atoms with E-state index in [4.69, 9.17) is 0 Å². The molecule has 0 radical (unpaired) electrons. The van der Waals surface area contributed by atoms with Crippen LogP contribution in [0.4, 0.5) is 0 Å². The predicted octanol–water partition coefficient (Wildman–Crippen LogP) is 0.402. The van der Waals surface area contributed by atoms with E-state index < -0.39 is 10.8 Å². The molecule has 0 saturated carbocycles. The highest BCUT2D eigenvalue weighted by Crippen LogP contribution is 2.08. The van der Waals surface area contributed by atoms with Gasteiger partial charge < -0.3 is 10.6 Å². The van der Waals surface area contributed by atoms with Gasteiger partial charge >= 0.3 is 0 Å². The molecular weight excluding hydrogens is 224 g/mol. The molecule has 1 heterocycles. The lowest BCUT2D eigenvalue weighted by Gasteiger charge is -2.12. The van der Waals surface area contributed by atoms with Crippen molar-refractivity contribution in [2.75, 3.05) is 19.3 Å². The Labute approximate surface area is 100 Å². The smallest absolute Gasteiger partial charge is 0.221 e. The molecule has 94 valence electrons. The topological polar surface area (TPSA) is 58.2 Å². The van der Waals surface area contributed by atoms with Crippen LogP contribution < -0.4 is 10.6 Å². The summed E-state index contributed by atoms with van der Waals surface area (Å²) >= 11 is 0. The van der Waals surface area contributed by atoms with Gasteiger partial charge in [0.1, 0.15) is 0 Å². The van der Waals surface area contributed by atoms with Crippen LogP contribution in [0.2, 0.25) is 0 Å². The zero-order valence-corrected chi connectivity index (χ0v) is 10.9. The molecule has 1 aliphatic rings. The Hall–Kier alpha value is -0.420. The zero-order chi connectivity index (χ0) is 12.0. The molecular formula is C11H22N2O2S. The second-order valence-corrected chi connectivity index (χ2v) is 6.25. The van der Waals surface area contributed by atoms with Crippen LogP contribution in [0.1, 0.15) is 32.6 Å². The first-order valence-electron chi connectivity index (χ1n) is 5.92. The van der Waals surface area contributed by atoms with E-state index in [1.54, 1.807) is 6.26 Å². The number of nitrogens with one attached hydrogen (secondary N) is 2. The van der Waals surface area contributed by atoms with Crippen LogP contribution in [0, 0.1) is 0 Å². The SMILES string of the molecule is CC(CCNC(=O)CC1CCCN1)S(C)=O. The molecule has 0 bridgehead atoms. The number of carbonyl (C=O) groups is 1. The summed E-state index contributed by atoms with van der Waals surface area (Å²) in [7, 11) is -0.793. The fraction of sp³-hybridized carbons (Fsp3) is 0.909. The van der Waals surface area contributed by atoms with E-state index in [2.05, 4.69) is 10.6 Å². The quantitative estimate of drug-likeness (QED) is 0.713. The molecule has 0 aromatic heterocycles. The van der Waals surface area contributed by atoms with Gasteiger partial charge in [0.15, 0.2) is 0 Å². The van der Waals surface area contributed by atoms with Crippen LogP contribution in [-0.2, 0) is 15.6 Å². The maximum absolute atomic E-state index is 11.5. The first-order valence-corrected chi connectivity index (χ1v) is 7.54. The van der Waals surface area contributed by atoms with Crippen molar-refractivity contribution >= 4 is 16.7 Å². The first-order chi connectivity index (χ1) is 7.59. The molecule has 4 nitrogen and oxygen atoms in total. The molecule has 0 spiro atoms. The molecule has 3 unspecified atom stereocenters. The average Bonchev–Trinajstić information content (AvgIpc) is 2.70. The Morgan fingerprint density at radius 3 is 2.94 bits per heavy atom. The van der Waals surface area contributed by atoms with Crippen molar-refractivity contribution in [2.45, 2.75) is 43.9 Å². The van der Waals surface area contributed by atoms with E-state index in [0.29, 0.717) is 19.0 Å². The third-order valence-corrected chi connectivity index (χ3v) is 4.40. The van der Waals surface area contributed by atoms with Crippen molar-refractivity contribution < 1.29 is 9.00 Å². The van der Waals surface area contributed by atoms with Gasteiger partial charge in [-0.05, 0) is 25.8 Å². The Morgan fingerprint density at radius 2 is 2.38 bits per heavy atom. The Bertz CT molecular complexity index is 252. The molecule has 2 N–H and O–H groups in total. The summed E-state index contributed by atoms with van der Waals surface area (Å²) in [6.45, 7) is 3.61. The number of carbonyl (C=O) groups excluding carboxylic acids is 1. The van der Waals surface area contributed by atoms with E-state index in [1.165, 1.54) is 6.42 Å². The molecule has 1 saturated heterocycles. The van der Waals surface area contributed by atoms with Gasteiger partial charge in [-0.1, -0.05) is 6.92 Å². The van der Waals surface area contributed by atoms with E-state index in [0.717, 1.165) is 19.4 Å². The number of hydrogen-bond acceptors (Lipinski definition) is 3. The average molecular weight is 246 g/mol. The van der Waals surface area contributed by atoms with Crippen molar-refractivity contribution in [3.63, 3.8) is 0 Å². The van der Waals surface area contributed by atoms with Crippen LogP contribution in [-0.4, -0.2) is 40.8 Å². The summed E-state index contributed by atoms with van der Waals surface area (Å²) in [5.41, 5.74) is 0. The van der Waals surface area contributed by atoms with Gasteiger partial charge in [-0.2, -0.15) is 0 Å². The summed E-state index contributed by atoms with van der Waals surface area (Å²) < 4.78 is 11.1. The molecule has 1 aliphatic heterocycles. The molecule has 1 rings (SSSR count). The Balaban J connectivity index is 2.08. The van der Waals surface area contributed by atoms with Crippen molar-refractivity contribution in [3.05, 3.63) is 0 Å². The molecule has 0 aromatic rings. The fourth-order valence-corrected chi connectivity index (χ4v) is 2.26. The second-order valence-electron chi connectivity index (χ2n) is 4.45. The van der Waals surface area contributed by atoms with Gasteiger partial charge in [0.05, 0.1) is 0 Å². The van der Waals surface area contributed by atoms with Crippen molar-refractivity contribution in [1.82, 2.24) is 10.6 Å². The highest BCUT2D eigenvalue weighted by atomic mass is 32.2. The monoisotopic (exact) mass is 246 g/mol. The molecule has 1 fully saturated rings. The van der Waals surface area contributed by atoms with Gasteiger partial charge in [0.25, 0.3) is 0 Å². The van der Waals surface area contributed by atoms with E-state index in [1.807, 2.05) is 6.92 Å². The minimum Gasteiger partial charge on any atom is -0.356 e. The lowest BCUT2D eigenvalue weighted by atomic mass is 10.1. The maximum Gasteiger partial charge on any atom is 0.221 e. The van der Waals surface area contributed by atoms with Crippen LogP contribution in [0.5, 0.6) is 0 Å². The minimum atomic E-state index is -0.793. The number of hydrogen-bond donors (Lipinski definition) is 2. The van der Waals surface area contributed by atoms with Gasteiger partial charge in [0, 0.05) is 41.3 Å². The van der Waals surface area contributed by atoms with Gasteiger partial charge in [-0.3, -0.25) is 9.00 Å². The van der Waals surface area contributed by atoms with Gasteiger partial charge in [-0.15, -0.1) is 0 Å². The molecule has 0 aromatic carbocycles. The fourth-order valence-electron chi connectivity index (χ4n) is 1.81. The largest absolute Gasteiger partial charge is 0.356 e. The van der Waals surface area contributed by atoms with E-state index in [-0.39, 0.29) is 11.2 Å². The summed E-state index contributed by atoms with van der Waals surface area (Å²) in [4.78, 5) is 11.5. The summed E-state index contributed by atoms with van der Waals surface area (Å²) in [5, 5.41) is 6.33. The third kappa shape index (κ3) is 5.07. The molecule has 16 heavy (non-hydrogen) atoms. The summed E-state index contributed by atoms with van der Waals surface area (Å²) in [5.74, 6) is 0.105. The van der Waals surface area contributed by atoms with Crippen molar-refractivity contribution in [3.8, 4) is 0 Å². The molecule has 1 amide bonds. The van der Waals surface area contributed by atoms with E-state index >= 15 is 0 Å². The molecule has 5 heteroatoms. The molecule has 3 atom stereocenters. The van der Waals surface area contributed by atoms with Crippen molar-refractivity contribution in [2.24, 2.45) is 0 Å². The van der Waals surface area contributed by atoms with Gasteiger partial charge in [-0.25, -0.2) is 0 Å². The number of rotatable bonds is 6. The van der Waals surface area contributed by atoms with Crippen LogP contribution >= 0.6 is 0 Å². The van der Waals surface area contributed by atoms with Crippen molar-refractivity contribution in [1.29, 1.82) is 0 Å². The minimum absolute atomic E-state index is 0.105. The highest BCUT2D eigenvalue weighted by molar-refractivity contribution is 7.84. The normalized spacial score (nSPS) is 24.0. The third-order valence-electron chi connectivity index (χ3n) is 3.03. The Morgan fingerprint density at radius 1 is 1.62 bits per heavy atom. The standard InChI is InChI=1S/C11H22N2O2S/c1-9(16(2)15)5-7-13-11(14)8-10-4-3-6-12-10/h9-10,12H,3-8H2,1-2H3,(H,13,14). The molecule has 0 aliphatic carbocycles. The second kappa shape index (κ2) is 7.01. The highest BCUT2D eigenvalue weighted by Gasteiger charge is 2.17. The van der Waals surface area contributed by atoms with Crippen LogP contribution in [0.15, 0.2) is 0 Å². The zero-order valence-electron chi connectivity index (χ0n) is 10.1. The van der Waals surface area contributed by atoms with Crippen LogP contribution in [0.25, 0.3) is 0 Å². The lowest BCUT2D eigenvalue weighted by molar-refractivity contribution is -0.121. The van der Waals surface area contributed by atoms with E-state index in [9.17, 15) is 9.00 Å². The first kappa shape index (κ1) is 13.6.